The van der Waals surface area contributed by atoms with Crippen LogP contribution in [0.15, 0.2) is 16.8 Å². The molecule has 0 radical (unpaired) electrons. The summed E-state index contributed by atoms with van der Waals surface area (Å²) in [7, 11) is 0. The van der Waals surface area contributed by atoms with Crippen molar-refractivity contribution in [2.45, 2.75) is 64.5 Å². The molecule has 0 aromatic carbocycles. The minimum atomic E-state index is 0.266. The Morgan fingerprint density at radius 2 is 2.10 bits per heavy atom. The Morgan fingerprint density at radius 3 is 2.70 bits per heavy atom. The van der Waals surface area contributed by atoms with Gasteiger partial charge in [-0.1, -0.05) is 6.92 Å². The lowest BCUT2D eigenvalue weighted by Crippen LogP contribution is -2.57. The Bertz CT molecular complexity index is 366. The molecule has 1 atom stereocenters. The lowest BCUT2D eigenvalue weighted by Gasteiger charge is -2.43. The van der Waals surface area contributed by atoms with E-state index in [1.807, 2.05) is 11.3 Å². The number of nitrogens with zero attached hydrogens (tertiary/aromatic N) is 1. The van der Waals surface area contributed by atoms with Gasteiger partial charge in [0.25, 0.3) is 0 Å². The van der Waals surface area contributed by atoms with Gasteiger partial charge in [-0.3, -0.25) is 4.90 Å². The molecule has 114 valence electrons. The van der Waals surface area contributed by atoms with Gasteiger partial charge >= 0.3 is 0 Å². The molecule has 0 saturated carbocycles. The molecule has 0 spiro atoms. The van der Waals surface area contributed by atoms with Crippen LogP contribution in [0.2, 0.25) is 0 Å². The Morgan fingerprint density at radius 1 is 1.35 bits per heavy atom. The Balaban J connectivity index is 1.97. The number of likely N-dealkylation sites (tertiary alicyclic amines) is 1. The van der Waals surface area contributed by atoms with E-state index in [-0.39, 0.29) is 5.54 Å². The van der Waals surface area contributed by atoms with Crippen LogP contribution in [-0.4, -0.2) is 36.1 Å². The monoisotopic (exact) mass is 294 g/mol. The minimum Gasteiger partial charge on any atom is -0.312 e. The SMILES string of the molecule is CCCNC(CCc1ccsc1)C(C)(C)N1CCCC1. The Kier molecular flexibility index (Phi) is 6.06. The highest BCUT2D eigenvalue weighted by molar-refractivity contribution is 7.07. The molecule has 1 aromatic heterocycles. The molecule has 1 aliphatic heterocycles. The fraction of sp³-hybridized carbons (Fsp3) is 0.765. The highest BCUT2D eigenvalue weighted by atomic mass is 32.1. The second-order valence-corrected chi connectivity index (χ2v) is 7.30. The first kappa shape index (κ1) is 16.0. The van der Waals surface area contributed by atoms with E-state index in [2.05, 4.69) is 47.8 Å². The summed E-state index contributed by atoms with van der Waals surface area (Å²) >= 11 is 1.81. The van der Waals surface area contributed by atoms with Gasteiger partial charge in [0.15, 0.2) is 0 Å². The third-order valence-electron chi connectivity index (χ3n) is 4.72. The quantitative estimate of drug-likeness (QED) is 0.781. The Hall–Kier alpha value is -0.380. The van der Waals surface area contributed by atoms with Gasteiger partial charge in [0, 0.05) is 11.6 Å². The summed E-state index contributed by atoms with van der Waals surface area (Å²) in [4.78, 5) is 2.69. The minimum absolute atomic E-state index is 0.266. The third kappa shape index (κ3) is 4.06. The number of thiophene rings is 1. The van der Waals surface area contributed by atoms with Gasteiger partial charge in [0.05, 0.1) is 0 Å². The van der Waals surface area contributed by atoms with Crippen LogP contribution in [-0.2, 0) is 6.42 Å². The predicted octanol–water partition coefficient (Wildman–Crippen LogP) is 3.92. The standard InChI is InChI=1S/C17H30N2S/c1-4-10-18-16(8-7-15-9-13-20-14-15)17(2,3)19-11-5-6-12-19/h9,13-14,16,18H,4-8,10-12H2,1-3H3. The van der Waals surface area contributed by atoms with Crippen molar-refractivity contribution in [1.82, 2.24) is 10.2 Å². The maximum atomic E-state index is 3.81. The predicted molar refractivity (Wildman–Crippen MR) is 89.6 cm³/mol. The van der Waals surface area contributed by atoms with E-state index in [0.29, 0.717) is 6.04 Å². The van der Waals surface area contributed by atoms with Crippen LogP contribution in [0.3, 0.4) is 0 Å². The van der Waals surface area contributed by atoms with Crippen molar-refractivity contribution in [2.75, 3.05) is 19.6 Å². The molecule has 1 fully saturated rings. The molecule has 1 aliphatic rings. The molecule has 2 nitrogen and oxygen atoms in total. The molecule has 0 amide bonds. The van der Waals surface area contributed by atoms with Crippen molar-refractivity contribution in [3.05, 3.63) is 22.4 Å². The highest BCUT2D eigenvalue weighted by Crippen LogP contribution is 2.27. The van der Waals surface area contributed by atoms with Crippen LogP contribution < -0.4 is 5.32 Å². The second kappa shape index (κ2) is 7.58. The van der Waals surface area contributed by atoms with Crippen molar-refractivity contribution in [3.63, 3.8) is 0 Å². The lowest BCUT2D eigenvalue weighted by atomic mass is 9.88. The topological polar surface area (TPSA) is 15.3 Å². The summed E-state index contributed by atoms with van der Waals surface area (Å²) in [6, 6.07) is 2.85. The molecule has 3 heteroatoms. The molecular formula is C17H30N2S. The van der Waals surface area contributed by atoms with Crippen LogP contribution in [0.5, 0.6) is 0 Å². The first-order valence-electron chi connectivity index (χ1n) is 8.14. The summed E-state index contributed by atoms with van der Waals surface area (Å²) < 4.78 is 0. The van der Waals surface area contributed by atoms with E-state index >= 15 is 0 Å². The molecule has 0 bridgehead atoms. The molecule has 0 aliphatic carbocycles. The van der Waals surface area contributed by atoms with Gasteiger partial charge in [-0.25, -0.2) is 0 Å². The number of hydrogen-bond acceptors (Lipinski definition) is 3. The van der Waals surface area contributed by atoms with Crippen molar-refractivity contribution in [2.24, 2.45) is 0 Å². The molecule has 1 N–H and O–H groups in total. The summed E-state index contributed by atoms with van der Waals surface area (Å²) in [6.45, 7) is 10.8. The smallest absolute Gasteiger partial charge is 0.0306 e. The normalized spacial score (nSPS) is 18.6. The fourth-order valence-corrected chi connectivity index (χ4v) is 3.99. The number of rotatable bonds is 8. The average molecular weight is 295 g/mol. The number of nitrogens with one attached hydrogen (secondary N) is 1. The van der Waals surface area contributed by atoms with Crippen LogP contribution in [0.1, 0.15) is 52.0 Å². The van der Waals surface area contributed by atoms with Gasteiger partial charge in [0.1, 0.15) is 0 Å². The molecule has 1 saturated heterocycles. The van der Waals surface area contributed by atoms with Gasteiger partial charge < -0.3 is 5.32 Å². The van der Waals surface area contributed by atoms with Crippen LogP contribution in [0.25, 0.3) is 0 Å². The largest absolute Gasteiger partial charge is 0.312 e. The van der Waals surface area contributed by atoms with Gasteiger partial charge in [0.2, 0.25) is 0 Å². The maximum Gasteiger partial charge on any atom is 0.0306 e. The fourth-order valence-electron chi connectivity index (χ4n) is 3.28. The highest BCUT2D eigenvalue weighted by Gasteiger charge is 2.35. The van der Waals surface area contributed by atoms with E-state index in [0.717, 1.165) is 6.54 Å². The van der Waals surface area contributed by atoms with E-state index in [9.17, 15) is 0 Å². The van der Waals surface area contributed by atoms with Crippen LogP contribution in [0, 0.1) is 0 Å². The summed E-state index contributed by atoms with van der Waals surface area (Å²) in [5.74, 6) is 0. The lowest BCUT2D eigenvalue weighted by molar-refractivity contribution is 0.102. The van der Waals surface area contributed by atoms with E-state index < -0.39 is 0 Å². The molecule has 2 heterocycles. The van der Waals surface area contributed by atoms with Crippen LogP contribution >= 0.6 is 11.3 Å². The number of hydrogen-bond donors (Lipinski definition) is 1. The molecular weight excluding hydrogens is 264 g/mol. The van der Waals surface area contributed by atoms with Gasteiger partial charge in [-0.2, -0.15) is 11.3 Å². The van der Waals surface area contributed by atoms with Crippen molar-refractivity contribution in [1.29, 1.82) is 0 Å². The second-order valence-electron chi connectivity index (χ2n) is 6.52. The zero-order valence-corrected chi connectivity index (χ0v) is 14.1. The van der Waals surface area contributed by atoms with Crippen molar-refractivity contribution in [3.8, 4) is 0 Å². The summed E-state index contributed by atoms with van der Waals surface area (Å²) in [5.41, 5.74) is 1.76. The van der Waals surface area contributed by atoms with E-state index in [1.165, 1.54) is 50.8 Å². The molecule has 1 unspecified atom stereocenters. The van der Waals surface area contributed by atoms with Gasteiger partial charge in [-0.15, -0.1) is 0 Å². The first-order chi connectivity index (χ1) is 9.64. The van der Waals surface area contributed by atoms with E-state index in [4.69, 9.17) is 0 Å². The summed E-state index contributed by atoms with van der Waals surface area (Å²) in [6.07, 6.45) is 6.39. The Labute approximate surface area is 128 Å². The zero-order valence-electron chi connectivity index (χ0n) is 13.3. The van der Waals surface area contributed by atoms with E-state index in [1.54, 1.807) is 0 Å². The van der Waals surface area contributed by atoms with Gasteiger partial charge in [-0.05, 0) is 88.0 Å². The molecule has 2 rings (SSSR count). The zero-order chi connectivity index (χ0) is 14.4. The third-order valence-corrected chi connectivity index (χ3v) is 5.45. The van der Waals surface area contributed by atoms with Crippen molar-refractivity contribution >= 4 is 11.3 Å². The summed E-state index contributed by atoms with van der Waals surface area (Å²) in [5, 5.41) is 8.29. The molecule has 20 heavy (non-hydrogen) atoms. The number of aryl methyl sites for hydroxylation is 1. The molecule has 1 aromatic rings. The first-order valence-corrected chi connectivity index (χ1v) is 9.08. The van der Waals surface area contributed by atoms with Crippen LogP contribution in [0.4, 0.5) is 0 Å². The van der Waals surface area contributed by atoms with Crippen molar-refractivity contribution < 1.29 is 0 Å². The maximum absolute atomic E-state index is 3.81. The average Bonchev–Trinajstić information content (AvgIpc) is 3.12.